The molecule has 18 heteroatoms. The molecule has 59 heavy (non-hydrogen) atoms. The first kappa shape index (κ1) is 65.3. The Morgan fingerprint density at radius 2 is 0.932 bits per heavy atom. The molecule has 11 N–H and O–H groups in total. The molecule has 0 radical (unpaired) electrons. The lowest BCUT2D eigenvalue weighted by Crippen LogP contribution is -2.35. The molecule has 0 amide bonds. The van der Waals surface area contributed by atoms with Gasteiger partial charge >= 0.3 is 12.1 Å². The monoisotopic (exact) mass is 856 g/mol. The third-order valence-electron chi connectivity index (χ3n) is 9.46. The standard InChI is InChI=1S/C15H22N2O2.C6H15N.C6H14O2.C5H10O4.C4H10O2.C3H6O3.C2H8N2/c18-10-16-14-5-1-12(2-6-14)9-13-3-7-15(8-4-13)17-11-19;1-4-7(5-2)6-3;7-5-3-1-2-4-6-8;1-5(2-6,3-7)4(8)9;5-3-1-2-4-6;1-5-3(4)6-2;3-1-2-4/h12-15H,1-9H2;4-6H2,1-3H3;7-8H,1-6H2;6-7H,2-3H2,1H3,(H,8,9);5-6H,1-4H2;1-2H3;1-4H2. The van der Waals surface area contributed by atoms with E-state index in [4.69, 9.17) is 47.2 Å². The summed E-state index contributed by atoms with van der Waals surface area (Å²) < 4.78 is 8.08. The molecule has 352 valence electrons. The Bertz CT molecular complexity index is 919. The first-order chi connectivity index (χ1) is 28.3. The lowest BCUT2D eigenvalue weighted by Gasteiger charge is -2.31. The average Bonchev–Trinajstić information content (AvgIpc) is 3.27. The lowest BCUT2D eigenvalue weighted by atomic mass is 9.76. The van der Waals surface area contributed by atoms with Crippen LogP contribution >= 0.6 is 0 Å². The van der Waals surface area contributed by atoms with Crippen molar-refractivity contribution in [2.24, 2.45) is 38.7 Å². The summed E-state index contributed by atoms with van der Waals surface area (Å²) in [5, 5.41) is 57.9. The summed E-state index contributed by atoms with van der Waals surface area (Å²) >= 11 is 0. The van der Waals surface area contributed by atoms with Gasteiger partial charge in [-0.3, -0.25) is 4.79 Å². The zero-order valence-corrected chi connectivity index (χ0v) is 37.3. The van der Waals surface area contributed by atoms with Crippen LogP contribution in [0.4, 0.5) is 4.79 Å². The molecule has 0 heterocycles. The van der Waals surface area contributed by atoms with Crippen molar-refractivity contribution in [2.75, 3.05) is 86.6 Å². The van der Waals surface area contributed by atoms with Gasteiger partial charge in [0.2, 0.25) is 12.2 Å². The maximum Gasteiger partial charge on any atom is 0.507 e. The van der Waals surface area contributed by atoms with Crippen LogP contribution in [0.15, 0.2) is 9.98 Å². The number of hydrogen-bond donors (Lipinski definition) is 9. The molecule has 0 aromatic rings. The molecule has 0 atom stereocenters. The first-order valence-corrected chi connectivity index (χ1v) is 21.1. The summed E-state index contributed by atoms with van der Waals surface area (Å²) in [6, 6.07) is 0.456. The van der Waals surface area contributed by atoms with Gasteiger partial charge in [0, 0.05) is 39.5 Å². The second-order valence-electron chi connectivity index (χ2n) is 14.1. The van der Waals surface area contributed by atoms with Crippen molar-refractivity contribution in [1.82, 2.24) is 4.90 Å². The zero-order valence-electron chi connectivity index (χ0n) is 37.3. The fourth-order valence-electron chi connectivity index (χ4n) is 5.38. The number of ether oxygens (including phenoxy) is 2. The number of carboxylic acids is 1. The van der Waals surface area contributed by atoms with Gasteiger partial charge in [-0.2, -0.15) is 0 Å². The van der Waals surface area contributed by atoms with E-state index in [0.717, 1.165) is 76.0 Å². The Labute approximate surface area is 354 Å². The number of carbonyl (C=O) groups is 2. The highest BCUT2D eigenvalue weighted by atomic mass is 16.7. The molecule has 18 nitrogen and oxygen atoms in total. The van der Waals surface area contributed by atoms with Gasteiger partial charge in [0.1, 0.15) is 5.41 Å². The fraction of sp³-hybridized carbons (Fsp3) is 0.902. The van der Waals surface area contributed by atoms with E-state index in [-0.39, 0.29) is 38.5 Å². The van der Waals surface area contributed by atoms with Crippen LogP contribution in [0.5, 0.6) is 0 Å². The van der Waals surface area contributed by atoms with Crippen LogP contribution in [0.25, 0.3) is 0 Å². The molecule has 0 aliphatic heterocycles. The van der Waals surface area contributed by atoms with Gasteiger partial charge in [0.25, 0.3) is 0 Å². The fourth-order valence-corrected chi connectivity index (χ4v) is 5.38. The highest BCUT2D eigenvalue weighted by molar-refractivity contribution is 5.74. The Morgan fingerprint density at radius 3 is 1.08 bits per heavy atom. The molecule has 0 unspecified atom stereocenters. The minimum atomic E-state index is -1.39. The van der Waals surface area contributed by atoms with Crippen LogP contribution < -0.4 is 11.5 Å². The number of aliphatic carboxylic acids is 1. The van der Waals surface area contributed by atoms with E-state index in [1.807, 2.05) is 0 Å². The summed E-state index contributed by atoms with van der Waals surface area (Å²) in [7, 11) is 2.51. The van der Waals surface area contributed by atoms with Gasteiger partial charge in [-0.05, 0) is 122 Å². The third-order valence-corrected chi connectivity index (χ3v) is 9.46. The van der Waals surface area contributed by atoms with Gasteiger partial charge in [0.05, 0.1) is 39.5 Å². The van der Waals surface area contributed by atoms with E-state index in [0.29, 0.717) is 13.1 Å². The molecule has 2 aliphatic rings. The quantitative estimate of drug-likeness (QED) is 0.0390. The Hall–Kier alpha value is -2.86. The molecule has 0 bridgehead atoms. The van der Waals surface area contributed by atoms with Crippen LogP contribution in [0.2, 0.25) is 0 Å². The van der Waals surface area contributed by atoms with Crippen molar-refractivity contribution in [3.63, 3.8) is 0 Å². The molecule has 2 fully saturated rings. The SMILES string of the molecule is CC(CO)(CO)C(=O)O.CCN(CC)CC.COC(=O)OC.NCCN.O=C=NC1CCC(CC2CCC(N=C=O)CC2)CC1.OCCCCCCO.OCCCCO. The third kappa shape index (κ3) is 46.1. The minimum Gasteiger partial charge on any atom is -0.481 e. The van der Waals surface area contributed by atoms with Crippen molar-refractivity contribution < 1.29 is 64.4 Å². The molecule has 2 saturated carbocycles. The van der Waals surface area contributed by atoms with Crippen LogP contribution in [-0.2, 0) is 23.9 Å². The number of nitrogens with two attached hydrogens (primary N) is 2. The van der Waals surface area contributed by atoms with E-state index in [9.17, 15) is 19.2 Å². The van der Waals surface area contributed by atoms with E-state index in [2.05, 4.69) is 45.1 Å². The number of aliphatic hydroxyl groups is 6. The predicted octanol–water partition coefficient (Wildman–Crippen LogP) is 3.16. The number of nitrogens with zero attached hydrogens (tertiary/aromatic N) is 3. The van der Waals surface area contributed by atoms with E-state index in [1.54, 1.807) is 12.2 Å². The summed E-state index contributed by atoms with van der Waals surface area (Å²) in [6.45, 7) is 12.5. The number of aliphatic hydroxyl groups excluding tert-OH is 6. The highest BCUT2D eigenvalue weighted by Gasteiger charge is 2.31. The Balaban J connectivity index is -0.000000208. The minimum absolute atomic E-state index is 0.195. The number of carboxylic acid groups (broad SMARTS) is 1. The summed E-state index contributed by atoms with van der Waals surface area (Å²) in [5.74, 6) is 0.413. The lowest BCUT2D eigenvalue weighted by molar-refractivity contribution is -0.152. The average molecular weight is 856 g/mol. The molecule has 2 aliphatic carbocycles. The molecular formula is C41H85N5O13. The maximum atomic E-state index is 10.2. The molecular weight excluding hydrogens is 770 g/mol. The zero-order chi connectivity index (χ0) is 46.2. The summed E-state index contributed by atoms with van der Waals surface area (Å²) in [4.78, 5) is 50.4. The second-order valence-corrected chi connectivity index (χ2v) is 14.1. The van der Waals surface area contributed by atoms with Crippen molar-refractivity contribution in [3.8, 4) is 0 Å². The number of hydrogen-bond acceptors (Lipinski definition) is 17. The summed E-state index contributed by atoms with van der Waals surface area (Å²) in [6.07, 6.45) is 18.2. The van der Waals surface area contributed by atoms with Gasteiger partial charge in [0.15, 0.2) is 0 Å². The molecule has 0 spiro atoms. The number of methoxy groups -OCH3 is 2. The Kier molecular flexibility index (Phi) is 56.7. The van der Waals surface area contributed by atoms with Gasteiger partial charge in [-0.1, -0.05) is 33.6 Å². The number of carbonyl (C=O) groups excluding carboxylic acids is 3. The maximum absolute atomic E-state index is 10.2. The van der Waals surface area contributed by atoms with Crippen molar-refractivity contribution in [1.29, 1.82) is 0 Å². The van der Waals surface area contributed by atoms with E-state index < -0.39 is 30.8 Å². The van der Waals surface area contributed by atoms with Crippen LogP contribution in [-0.4, -0.2) is 164 Å². The van der Waals surface area contributed by atoms with E-state index >= 15 is 0 Å². The largest absolute Gasteiger partial charge is 0.507 e. The van der Waals surface area contributed by atoms with Crippen LogP contribution in [0.3, 0.4) is 0 Å². The van der Waals surface area contributed by atoms with E-state index in [1.165, 1.54) is 72.9 Å². The number of rotatable bonds is 19. The molecule has 0 aromatic heterocycles. The topological polar surface area (TPSA) is 308 Å². The summed E-state index contributed by atoms with van der Waals surface area (Å²) in [5.41, 5.74) is 8.42. The highest BCUT2D eigenvalue weighted by Crippen LogP contribution is 2.36. The van der Waals surface area contributed by atoms with Crippen molar-refractivity contribution in [3.05, 3.63) is 0 Å². The van der Waals surface area contributed by atoms with Crippen LogP contribution in [0, 0.1) is 17.3 Å². The van der Waals surface area contributed by atoms with Crippen molar-refractivity contribution >= 4 is 24.3 Å². The van der Waals surface area contributed by atoms with Crippen LogP contribution in [0.1, 0.15) is 124 Å². The first-order valence-electron chi connectivity index (χ1n) is 21.1. The number of unbranched alkanes of at least 4 members (excludes halogenated alkanes) is 4. The second kappa shape index (κ2) is 51.3. The number of aliphatic imine (C=N–C) groups is 2. The Morgan fingerprint density at radius 1 is 0.627 bits per heavy atom. The van der Waals surface area contributed by atoms with Gasteiger partial charge < -0.3 is 61.6 Å². The molecule has 0 aromatic carbocycles. The predicted molar refractivity (Wildman–Crippen MR) is 229 cm³/mol. The van der Waals surface area contributed by atoms with Gasteiger partial charge in [-0.15, -0.1) is 0 Å². The normalized spacial score (nSPS) is 17.7. The van der Waals surface area contributed by atoms with Crippen molar-refractivity contribution in [2.45, 2.75) is 136 Å². The molecule has 2 rings (SSSR count). The molecule has 0 saturated heterocycles. The number of isocyanates is 2. The smallest absolute Gasteiger partial charge is 0.481 e. The van der Waals surface area contributed by atoms with Gasteiger partial charge in [-0.25, -0.2) is 24.4 Å².